The van der Waals surface area contributed by atoms with Crippen molar-refractivity contribution in [2.24, 2.45) is 5.73 Å². The van der Waals surface area contributed by atoms with Gasteiger partial charge < -0.3 is 10.2 Å². The molecule has 0 saturated carbocycles. The lowest BCUT2D eigenvalue weighted by Crippen LogP contribution is -1.99. The molecule has 0 saturated heterocycles. The molecular weight excluding hydrogens is 256 g/mol. The summed E-state index contributed by atoms with van der Waals surface area (Å²) in [5.41, 5.74) is 9.79. The average Bonchev–Trinajstić information content (AvgIpc) is 2.83. The standard InChI is InChI=1S/C15H14N2OS/c1-10-5-4-6-11(9-16)14(10)19-15-17-12-7-2-3-8-13(12)18-15/h2-8H,9,16H2,1H3. The van der Waals surface area contributed by atoms with E-state index in [-0.39, 0.29) is 0 Å². The first-order chi connectivity index (χ1) is 9.28. The van der Waals surface area contributed by atoms with Gasteiger partial charge in [-0.15, -0.1) is 0 Å². The van der Waals surface area contributed by atoms with E-state index in [0.29, 0.717) is 11.8 Å². The van der Waals surface area contributed by atoms with Crippen LogP contribution in [0.2, 0.25) is 0 Å². The van der Waals surface area contributed by atoms with E-state index >= 15 is 0 Å². The highest BCUT2D eigenvalue weighted by Crippen LogP contribution is 2.34. The van der Waals surface area contributed by atoms with Gasteiger partial charge in [0, 0.05) is 11.4 Å². The number of aromatic nitrogens is 1. The monoisotopic (exact) mass is 270 g/mol. The molecule has 3 rings (SSSR count). The number of hydrogen-bond acceptors (Lipinski definition) is 4. The summed E-state index contributed by atoms with van der Waals surface area (Å²) in [5.74, 6) is 0. The molecule has 96 valence electrons. The fraction of sp³-hybridized carbons (Fsp3) is 0.133. The number of fused-ring (bicyclic) bond motifs is 1. The molecule has 0 radical (unpaired) electrons. The van der Waals surface area contributed by atoms with Gasteiger partial charge in [-0.3, -0.25) is 0 Å². The minimum atomic E-state index is 0.518. The molecule has 4 heteroatoms. The van der Waals surface area contributed by atoms with E-state index in [1.165, 1.54) is 17.3 Å². The first-order valence-corrected chi connectivity index (χ1v) is 6.91. The lowest BCUT2D eigenvalue weighted by molar-refractivity contribution is 0.489. The summed E-state index contributed by atoms with van der Waals surface area (Å²) in [4.78, 5) is 5.62. The van der Waals surface area contributed by atoms with Gasteiger partial charge in [0.2, 0.25) is 0 Å². The Morgan fingerprint density at radius 3 is 2.79 bits per heavy atom. The lowest BCUT2D eigenvalue weighted by atomic mass is 10.1. The summed E-state index contributed by atoms with van der Waals surface area (Å²) in [6.07, 6.45) is 0. The van der Waals surface area contributed by atoms with Gasteiger partial charge in [-0.05, 0) is 41.9 Å². The molecule has 0 aliphatic rings. The number of nitrogens with two attached hydrogens (primary N) is 1. The Morgan fingerprint density at radius 1 is 1.16 bits per heavy atom. The Morgan fingerprint density at radius 2 is 2.00 bits per heavy atom. The second kappa shape index (κ2) is 5.07. The molecule has 0 aliphatic heterocycles. The highest BCUT2D eigenvalue weighted by Gasteiger charge is 2.11. The summed E-state index contributed by atoms with van der Waals surface area (Å²) in [6.45, 7) is 2.59. The van der Waals surface area contributed by atoms with E-state index in [4.69, 9.17) is 10.2 Å². The maximum Gasteiger partial charge on any atom is 0.261 e. The predicted octanol–water partition coefficient (Wildman–Crippen LogP) is 3.75. The van der Waals surface area contributed by atoms with Gasteiger partial charge in [0.1, 0.15) is 5.52 Å². The highest BCUT2D eigenvalue weighted by molar-refractivity contribution is 7.99. The molecule has 19 heavy (non-hydrogen) atoms. The van der Waals surface area contributed by atoms with Crippen LogP contribution in [-0.2, 0) is 6.54 Å². The number of oxazole rings is 1. The Labute approximate surface area is 115 Å². The molecule has 3 aromatic rings. The molecule has 3 nitrogen and oxygen atoms in total. The maximum atomic E-state index is 5.78. The zero-order valence-electron chi connectivity index (χ0n) is 10.6. The molecule has 0 spiro atoms. The molecule has 0 atom stereocenters. The third kappa shape index (κ3) is 2.37. The summed E-state index contributed by atoms with van der Waals surface area (Å²) in [5, 5.41) is 0.658. The van der Waals surface area contributed by atoms with Gasteiger partial charge >= 0.3 is 0 Å². The minimum absolute atomic E-state index is 0.518. The smallest absolute Gasteiger partial charge is 0.261 e. The van der Waals surface area contributed by atoms with Crippen molar-refractivity contribution in [1.29, 1.82) is 0 Å². The van der Waals surface area contributed by atoms with Gasteiger partial charge in [0.05, 0.1) is 0 Å². The molecule has 2 N–H and O–H groups in total. The van der Waals surface area contributed by atoms with E-state index in [9.17, 15) is 0 Å². The average molecular weight is 270 g/mol. The van der Waals surface area contributed by atoms with E-state index in [1.54, 1.807) is 0 Å². The lowest BCUT2D eigenvalue weighted by Gasteiger charge is -2.08. The number of aryl methyl sites for hydroxylation is 1. The van der Waals surface area contributed by atoms with Crippen LogP contribution < -0.4 is 5.73 Å². The Kier molecular flexibility index (Phi) is 3.27. The van der Waals surface area contributed by atoms with Crippen LogP contribution in [0.3, 0.4) is 0 Å². The van der Waals surface area contributed by atoms with Crippen LogP contribution in [0.4, 0.5) is 0 Å². The van der Waals surface area contributed by atoms with Gasteiger partial charge in [-0.2, -0.15) is 0 Å². The number of nitrogens with zero attached hydrogens (tertiary/aromatic N) is 1. The first-order valence-electron chi connectivity index (χ1n) is 6.10. The Balaban J connectivity index is 2.01. The predicted molar refractivity (Wildman–Crippen MR) is 77.2 cm³/mol. The second-order valence-corrected chi connectivity index (χ2v) is 5.28. The first kappa shape index (κ1) is 12.3. The molecular formula is C15H14N2OS. The molecule has 1 aromatic heterocycles. The topological polar surface area (TPSA) is 52.0 Å². The summed E-state index contributed by atoms with van der Waals surface area (Å²) in [6, 6.07) is 13.9. The minimum Gasteiger partial charge on any atom is -0.431 e. The normalized spacial score (nSPS) is 11.1. The summed E-state index contributed by atoms with van der Waals surface area (Å²) < 4.78 is 5.74. The Bertz CT molecular complexity index is 688. The number of para-hydroxylation sites is 2. The summed E-state index contributed by atoms with van der Waals surface area (Å²) in [7, 11) is 0. The van der Waals surface area contributed by atoms with Crippen molar-refractivity contribution >= 4 is 22.9 Å². The van der Waals surface area contributed by atoms with Crippen LogP contribution in [0, 0.1) is 6.92 Å². The zero-order valence-corrected chi connectivity index (χ0v) is 11.4. The molecule has 0 bridgehead atoms. The van der Waals surface area contributed by atoms with Crippen LogP contribution in [0.25, 0.3) is 11.1 Å². The highest BCUT2D eigenvalue weighted by atomic mass is 32.2. The van der Waals surface area contributed by atoms with E-state index in [1.807, 2.05) is 36.4 Å². The van der Waals surface area contributed by atoms with E-state index in [0.717, 1.165) is 21.6 Å². The van der Waals surface area contributed by atoms with Crippen molar-refractivity contribution in [2.75, 3.05) is 0 Å². The van der Waals surface area contributed by atoms with Crippen molar-refractivity contribution in [1.82, 2.24) is 4.98 Å². The molecule has 1 heterocycles. The molecule has 0 aliphatic carbocycles. The molecule has 0 unspecified atom stereocenters. The van der Waals surface area contributed by atoms with Crippen LogP contribution in [0.1, 0.15) is 11.1 Å². The molecule has 0 amide bonds. The quantitative estimate of drug-likeness (QED) is 0.787. The zero-order chi connectivity index (χ0) is 13.2. The fourth-order valence-corrected chi connectivity index (χ4v) is 2.96. The third-order valence-corrected chi connectivity index (χ3v) is 4.11. The van der Waals surface area contributed by atoms with Gasteiger partial charge in [-0.1, -0.05) is 30.3 Å². The van der Waals surface area contributed by atoms with Gasteiger partial charge in [-0.25, -0.2) is 4.98 Å². The number of benzene rings is 2. The summed E-state index contributed by atoms with van der Waals surface area (Å²) >= 11 is 1.53. The van der Waals surface area contributed by atoms with Crippen LogP contribution in [0.15, 0.2) is 57.0 Å². The van der Waals surface area contributed by atoms with Gasteiger partial charge in [0.15, 0.2) is 5.58 Å². The van der Waals surface area contributed by atoms with Crippen molar-refractivity contribution in [3.05, 3.63) is 53.6 Å². The fourth-order valence-electron chi connectivity index (χ4n) is 2.00. The Hall–Kier alpha value is -1.78. The van der Waals surface area contributed by atoms with Crippen molar-refractivity contribution in [3.63, 3.8) is 0 Å². The van der Waals surface area contributed by atoms with Crippen LogP contribution >= 0.6 is 11.8 Å². The van der Waals surface area contributed by atoms with Crippen molar-refractivity contribution in [3.8, 4) is 0 Å². The van der Waals surface area contributed by atoms with E-state index in [2.05, 4.69) is 18.0 Å². The van der Waals surface area contributed by atoms with E-state index < -0.39 is 0 Å². The largest absolute Gasteiger partial charge is 0.431 e. The molecule has 0 fully saturated rings. The van der Waals surface area contributed by atoms with Crippen LogP contribution in [-0.4, -0.2) is 4.98 Å². The number of rotatable bonds is 3. The van der Waals surface area contributed by atoms with Crippen LogP contribution in [0.5, 0.6) is 0 Å². The SMILES string of the molecule is Cc1cccc(CN)c1Sc1nc2ccccc2o1. The van der Waals surface area contributed by atoms with Crippen molar-refractivity contribution in [2.45, 2.75) is 23.6 Å². The molecule has 2 aromatic carbocycles. The van der Waals surface area contributed by atoms with Gasteiger partial charge in [0.25, 0.3) is 5.22 Å². The van der Waals surface area contributed by atoms with Crippen molar-refractivity contribution < 1.29 is 4.42 Å². The third-order valence-electron chi connectivity index (χ3n) is 2.98. The number of hydrogen-bond donors (Lipinski definition) is 1. The second-order valence-electron chi connectivity index (χ2n) is 4.32. The maximum absolute atomic E-state index is 5.78.